The fraction of sp³-hybridized carbons (Fsp3) is 0.417. The monoisotopic (exact) mass is 259 g/mol. The summed E-state index contributed by atoms with van der Waals surface area (Å²) in [5, 5.41) is 11.6. The number of hydrogen-bond donors (Lipinski definition) is 2. The van der Waals surface area contributed by atoms with Crippen molar-refractivity contribution in [1.82, 2.24) is 5.32 Å². The highest BCUT2D eigenvalue weighted by atomic mass is 19.1. The number of rotatable bonds is 6. The van der Waals surface area contributed by atoms with Crippen LogP contribution in [0.5, 0.6) is 5.75 Å². The van der Waals surface area contributed by atoms with Crippen LogP contribution < -0.4 is 10.1 Å². The van der Waals surface area contributed by atoms with Gasteiger partial charge in [-0.15, -0.1) is 0 Å². The van der Waals surface area contributed by atoms with Crippen LogP contribution in [0.15, 0.2) is 18.2 Å². The Morgan fingerprint density at radius 2 is 2.00 bits per heavy atom. The molecule has 6 heteroatoms. The van der Waals surface area contributed by atoms with E-state index in [-0.39, 0.29) is 13.0 Å². The standard InChI is InChI=1S/C12H15F2NO3/c1-12(15-2,11(16)17)6-7-18-10-8(13)4-3-5-9(10)14/h3-5,15H,6-7H2,1-2H3,(H,16,17). The number of likely N-dealkylation sites (N-methyl/N-ethyl adjacent to an activating group) is 1. The highest BCUT2D eigenvalue weighted by Gasteiger charge is 2.31. The van der Waals surface area contributed by atoms with E-state index in [1.165, 1.54) is 20.0 Å². The zero-order valence-electron chi connectivity index (χ0n) is 10.2. The molecule has 1 aromatic rings. The number of carboxylic acids is 1. The van der Waals surface area contributed by atoms with Gasteiger partial charge in [-0.1, -0.05) is 6.07 Å². The number of nitrogens with one attached hydrogen (secondary N) is 1. The molecule has 0 bridgehead atoms. The van der Waals surface area contributed by atoms with Crippen molar-refractivity contribution in [3.05, 3.63) is 29.8 Å². The first-order valence-corrected chi connectivity index (χ1v) is 5.40. The summed E-state index contributed by atoms with van der Waals surface area (Å²) in [6, 6.07) is 3.38. The third-order valence-electron chi connectivity index (χ3n) is 2.79. The maximum absolute atomic E-state index is 13.2. The maximum atomic E-state index is 13.2. The number of ether oxygens (including phenoxy) is 1. The van der Waals surface area contributed by atoms with Crippen LogP contribution in [0.3, 0.4) is 0 Å². The summed E-state index contributed by atoms with van der Waals surface area (Å²) in [4.78, 5) is 11.0. The summed E-state index contributed by atoms with van der Waals surface area (Å²) >= 11 is 0. The summed E-state index contributed by atoms with van der Waals surface area (Å²) in [6.45, 7) is 1.36. The van der Waals surface area contributed by atoms with Crippen molar-refractivity contribution < 1.29 is 23.4 Å². The average molecular weight is 259 g/mol. The van der Waals surface area contributed by atoms with Crippen molar-refractivity contribution in [2.24, 2.45) is 0 Å². The molecular formula is C12H15F2NO3. The Morgan fingerprint density at radius 1 is 1.44 bits per heavy atom. The van der Waals surface area contributed by atoms with Crippen LogP contribution >= 0.6 is 0 Å². The van der Waals surface area contributed by atoms with Crippen LogP contribution in [-0.2, 0) is 4.79 Å². The van der Waals surface area contributed by atoms with Crippen LogP contribution in [0.25, 0.3) is 0 Å². The first-order chi connectivity index (χ1) is 8.40. The number of para-hydroxylation sites is 1. The van der Waals surface area contributed by atoms with E-state index < -0.39 is 28.9 Å². The smallest absolute Gasteiger partial charge is 0.323 e. The van der Waals surface area contributed by atoms with Crippen LogP contribution in [-0.4, -0.2) is 30.3 Å². The van der Waals surface area contributed by atoms with Gasteiger partial charge in [0, 0.05) is 6.42 Å². The molecule has 0 spiro atoms. The van der Waals surface area contributed by atoms with E-state index in [1.54, 1.807) is 0 Å². The lowest BCUT2D eigenvalue weighted by atomic mass is 9.99. The number of carboxylic acid groups (broad SMARTS) is 1. The molecule has 0 aliphatic heterocycles. The Hall–Kier alpha value is -1.69. The molecule has 0 saturated carbocycles. The van der Waals surface area contributed by atoms with E-state index >= 15 is 0 Å². The number of aliphatic carboxylic acids is 1. The number of halogens is 2. The predicted octanol–water partition coefficient (Wildman–Crippen LogP) is 1.80. The normalized spacial score (nSPS) is 14.0. The lowest BCUT2D eigenvalue weighted by Gasteiger charge is -2.24. The third-order valence-corrected chi connectivity index (χ3v) is 2.79. The second-order valence-corrected chi connectivity index (χ2v) is 4.04. The Labute approximate surface area is 104 Å². The second kappa shape index (κ2) is 5.77. The molecule has 18 heavy (non-hydrogen) atoms. The highest BCUT2D eigenvalue weighted by Crippen LogP contribution is 2.21. The van der Waals surface area contributed by atoms with Crippen molar-refractivity contribution in [1.29, 1.82) is 0 Å². The molecule has 0 aliphatic carbocycles. The molecule has 0 aromatic heterocycles. The molecule has 0 amide bonds. The molecule has 100 valence electrons. The summed E-state index contributed by atoms with van der Waals surface area (Å²) < 4.78 is 31.4. The summed E-state index contributed by atoms with van der Waals surface area (Å²) in [5.41, 5.74) is -1.19. The minimum absolute atomic E-state index is 0.0760. The van der Waals surface area contributed by atoms with Crippen molar-refractivity contribution in [3.63, 3.8) is 0 Å². The lowest BCUT2D eigenvalue weighted by molar-refractivity contribution is -0.144. The van der Waals surface area contributed by atoms with Gasteiger partial charge in [0.1, 0.15) is 5.54 Å². The molecular weight excluding hydrogens is 244 g/mol. The van der Waals surface area contributed by atoms with Gasteiger partial charge in [-0.05, 0) is 26.1 Å². The predicted molar refractivity (Wildman–Crippen MR) is 61.6 cm³/mol. The van der Waals surface area contributed by atoms with E-state index in [2.05, 4.69) is 5.32 Å². The van der Waals surface area contributed by atoms with Gasteiger partial charge in [0.05, 0.1) is 6.61 Å². The van der Waals surface area contributed by atoms with E-state index in [9.17, 15) is 13.6 Å². The minimum Gasteiger partial charge on any atom is -0.488 e. The van der Waals surface area contributed by atoms with Gasteiger partial charge in [0.15, 0.2) is 17.4 Å². The van der Waals surface area contributed by atoms with E-state index in [4.69, 9.17) is 9.84 Å². The average Bonchev–Trinajstić information content (AvgIpc) is 2.32. The molecule has 4 nitrogen and oxygen atoms in total. The largest absolute Gasteiger partial charge is 0.488 e. The van der Waals surface area contributed by atoms with Crippen molar-refractivity contribution in [2.75, 3.05) is 13.7 Å². The quantitative estimate of drug-likeness (QED) is 0.817. The zero-order chi connectivity index (χ0) is 13.8. The van der Waals surface area contributed by atoms with Gasteiger partial charge in [-0.25, -0.2) is 8.78 Å². The zero-order valence-corrected chi connectivity index (χ0v) is 10.2. The van der Waals surface area contributed by atoms with Crippen molar-refractivity contribution >= 4 is 5.97 Å². The SMILES string of the molecule is CNC(C)(CCOc1c(F)cccc1F)C(=O)O. The molecule has 1 unspecified atom stereocenters. The Bertz CT molecular complexity index is 419. The second-order valence-electron chi connectivity index (χ2n) is 4.04. The van der Waals surface area contributed by atoms with Gasteiger partial charge in [0.2, 0.25) is 0 Å². The minimum atomic E-state index is -1.19. The third kappa shape index (κ3) is 3.16. The lowest BCUT2D eigenvalue weighted by Crippen LogP contribution is -2.48. The topological polar surface area (TPSA) is 58.6 Å². The van der Waals surface area contributed by atoms with Gasteiger partial charge in [-0.2, -0.15) is 0 Å². The van der Waals surface area contributed by atoms with Crippen LogP contribution in [0.2, 0.25) is 0 Å². The summed E-state index contributed by atoms with van der Waals surface area (Å²) in [6.07, 6.45) is 0.0760. The fourth-order valence-corrected chi connectivity index (χ4v) is 1.32. The number of carbonyl (C=O) groups is 1. The molecule has 1 rings (SSSR count). The van der Waals surface area contributed by atoms with Gasteiger partial charge in [-0.3, -0.25) is 4.79 Å². The Morgan fingerprint density at radius 3 is 2.44 bits per heavy atom. The maximum Gasteiger partial charge on any atom is 0.323 e. The van der Waals surface area contributed by atoms with Crippen molar-refractivity contribution in [2.45, 2.75) is 18.9 Å². The molecule has 0 saturated heterocycles. The summed E-state index contributed by atoms with van der Waals surface area (Å²) in [7, 11) is 1.50. The number of hydrogen-bond acceptors (Lipinski definition) is 3. The first kappa shape index (κ1) is 14.4. The molecule has 0 heterocycles. The van der Waals surface area contributed by atoms with Crippen LogP contribution in [0.1, 0.15) is 13.3 Å². The molecule has 2 N–H and O–H groups in total. The highest BCUT2D eigenvalue weighted by molar-refractivity contribution is 5.78. The van der Waals surface area contributed by atoms with E-state index in [0.717, 1.165) is 12.1 Å². The van der Waals surface area contributed by atoms with Gasteiger partial charge < -0.3 is 15.2 Å². The van der Waals surface area contributed by atoms with E-state index in [1.807, 2.05) is 0 Å². The van der Waals surface area contributed by atoms with Crippen molar-refractivity contribution in [3.8, 4) is 5.75 Å². The van der Waals surface area contributed by atoms with Gasteiger partial charge in [0.25, 0.3) is 0 Å². The van der Waals surface area contributed by atoms with Gasteiger partial charge >= 0.3 is 5.97 Å². The fourth-order valence-electron chi connectivity index (χ4n) is 1.32. The Balaban J connectivity index is 2.64. The molecule has 1 aromatic carbocycles. The first-order valence-electron chi connectivity index (χ1n) is 5.40. The van der Waals surface area contributed by atoms with Crippen LogP contribution in [0, 0.1) is 11.6 Å². The Kier molecular flexibility index (Phi) is 4.61. The number of benzene rings is 1. The molecule has 1 atom stereocenters. The summed E-state index contributed by atoms with van der Waals surface area (Å²) in [5.74, 6) is -3.16. The van der Waals surface area contributed by atoms with Crippen LogP contribution in [0.4, 0.5) is 8.78 Å². The molecule has 0 fully saturated rings. The molecule has 0 radical (unpaired) electrons. The van der Waals surface area contributed by atoms with E-state index in [0.29, 0.717) is 0 Å². The molecule has 0 aliphatic rings.